The van der Waals surface area contributed by atoms with Gasteiger partial charge >= 0.3 is 12.0 Å². The fourth-order valence-electron chi connectivity index (χ4n) is 1.68. The topological polar surface area (TPSA) is 69.6 Å². The number of hydrogen-bond acceptors (Lipinski definition) is 2. The summed E-state index contributed by atoms with van der Waals surface area (Å²) in [7, 11) is 0. The summed E-state index contributed by atoms with van der Waals surface area (Å²) in [4.78, 5) is 24.5. The van der Waals surface area contributed by atoms with E-state index < -0.39 is 5.97 Å². The van der Waals surface area contributed by atoms with Crippen LogP contribution in [0.25, 0.3) is 0 Å². The molecule has 0 spiro atoms. The second-order valence-corrected chi connectivity index (χ2v) is 5.99. The number of aryl methyl sites for hydroxylation is 1. The van der Waals surface area contributed by atoms with Crippen LogP contribution in [0.5, 0.6) is 0 Å². The molecule has 0 unspecified atom stereocenters. The first-order chi connectivity index (χ1) is 9.75. The minimum Gasteiger partial charge on any atom is -0.480 e. The summed E-state index contributed by atoms with van der Waals surface area (Å²) in [5.74, 6) is -1.04. The van der Waals surface area contributed by atoms with Crippen molar-refractivity contribution in [2.45, 2.75) is 34.1 Å². The smallest absolute Gasteiger partial charge is 0.323 e. The Morgan fingerprint density at radius 1 is 1.24 bits per heavy atom. The molecule has 0 heterocycles. The van der Waals surface area contributed by atoms with Crippen molar-refractivity contribution in [1.29, 1.82) is 0 Å². The number of carboxylic acids is 1. The summed E-state index contributed by atoms with van der Waals surface area (Å²) in [6, 6.07) is 6.83. The van der Waals surface area contributed by atoms with E-state index in [1.165, 1.54) is 4.90 Å². The molecule has 116 valence electrons. The van der Waals surface area contributed by atoms with E-state index in [1.807, 2.05) is 19.1 Å². The zero-order valence-electron chi connectivity index (χ0n) is 13.1. The summed E-state index contributed by atoms with van der Waals surface area (Å²) in [6.07, 6.45) is 0.927. The van der Waals surface area contributed by atoms with Crippen LogP contribution >= 0.6 is 0 Å². The number of hydrogen-bond donors (Lipinski definition) is 2. The van der Waals surface area contributed by atoms with Gasteiger partial charge in [0.05, 0.1) is 0 Å². The van der Waals surface area contributed by atoms with E-state index >= 15 is 0 Å². The number of carboxylic acid groups (broad SMARTS) is 1. The molecule has 0 aliphatic rings. The second-order valence-electron chi connectivity index (χ2n) is 5.99. The number of amides is 2. The molecule has 5 nitrogen and oxygen atoms in total. The fourth-order valence-corrected chi connectivity index (χ4v) is 1.68. The predicted octanol–water partition coefficient (Wildman–Crippen LogP) is 3.03. The van der Waals surface area contributed by atoms with Gasteiger partial charge in [-0.2, -0.15) is 0 Å². The molecular weight excluding hydrogens is 268 g/mol. The SMILES string of the molecule is CCC(C)(C)CNC(=O)N(CC(=O)O)c1ccc(C)cc1. The van der Waals surface area contributed by atoms with Gasteiger partial charge in [-0.25, -0.2) is 4.79 Å². The van der Waals surface area contributed by atoms with E-state index in [1.54, 1.807) is 12.1 Å². The lowest BCUT2D eigenvalue weighted by atomic mass is 9.90. The van der Waals surface area contributed by atoms with Crippen LogP contribution in [0.1, 0.15) is 32.8 Å². The molecule has 21 heavy (non-hydrogen) atoms. The van der Waals surface area contributed by atoms with Gasteiger partial charge in [0.15, 0.2) is 0 Å². The summed E-state index contributed by atoms with van der Waals surface area (Å²) >= 11 is 0. The van der Waals surface area contributed by atoms with Crippen LogP contribution in [0.3, 0.4) is 0 Å². The van der Waals surface area contributed by atoms with Crippen LogP contribution in [0.2, 0.25) is 0 Å². The molecule has 0 saturated heterocycles. The van der Waals surface area contributed by atoms with Crippen molar-refractivity contribution in [3.63, 3.8) is 0 Å². The van der Waals surface area contributed by atoms with Gasteiger partial charge in [0.25, 0.3) is 0 Å². The third-order valence-corrected chi connectivity index (χ3v) is 3.56. The fraction of sp³-hybridized carbons (Fsp3) is 0.500. The Labute approximate surface area is 126 Å². The number of carbonyl (C=O) groups excluding carboxylic acids is 1. The first-order valence-electron chi connectivity index (χ1n) is 7.09. The minimum atomic E-state index is -1.04. The highest BCUT2D eigenvalue weighted by atomic mass is 16.4. The van der Waals surface area contributed by atoms with Gasteiger partial charge in [-0.15, -0.1) is 0 Å². The van der Waals surface area contributed by atoms with Crippen LogP contribution in [0, 0.1) is 12.3 Å². The highest BCUT2D eigenvalue weighted by molar-refractivity contribution is 5.96. The van der Waals surface area contributed by atoms with Gasteiger partial charge in [-0.05, 0) is 30.9 Å². The maximum atomic E-state index is 12.3. The Kier molecular flexibility index (Phi) is 5.76. The predicted molar refractivity (Wildman–Crippen MR) is 83.6 cm³/mol. The number of anilines is 1. The van der Waals surface area contributed by atoms with Crippen molar-refractivity contribution in [2.75, 3.05) is 18.0 Å². The standard InChI is InChI=1S/C16H24N2O3/c1-5-16(3,4)11-17-15(21)18(10-14(19)20)13-8-6-12(2)7-9-13/h6-9H,5,10-11H2,1-4H3,(H,17,21)(H,19,20). The maximum Gasteiger partial charge on any atom is 0.323 e. The van der Waals surface area contributed by atoms with E-state index in [0.717, 1.165) is 12.0 Å². The van der Waals surface area contributed by atoms with Crippen LogP contribution in [-0.4, -0.2) is 30.2 Å². The van der Waals surface area contributed by atoms with Crippen molar-refractivity contribution in [2.24, 2.45) is 5.41 Å². The largest absolute Gasteiger partial charge is 0.480 e. The lowest BCUT2D eigenvalue weighted by Gasteiger charge is -2.26. The van der Waals surface area contributed by atoms with E-state index in [9.17, 15) is 9.59 Å². The van der Waals surface area contributed by atoms with Gasteiger partial charge < -0.3 is 10.4 Å². The molecule has 0 aliphatic carbocycles. The molecule has 0 bridgehead atoms. The van der Waals surface area contributed by atoms with Crippen molar-refractivity contribution in [3.8, 4) is 0 Å². The summed E-state index contributed by atoms with van der Waals surface area (Å²) in [5, 5.41) is 11.8. The molecule has 0 atom stereocenters. The zero-order chi connectivity index (χ0) is 16.0. The first kappa shape index (κ1) is 17.0. The van der Waals surface area contributed by atoms with E-state index in [2.05, 4.69) is 26.1 Å². The number of nitrogens with one attached hydrogen (secondary N) is 1. The van der Waals surface area contributed by atoms with Gasteiger partial charge in [0, 0.05) is 12.2 Å². The molecule has 5 heteroatoms. The number of nitrogens with zero attached hydrogens (tertiary/aromatic N) is 1. The van der Waals surface area contributed by atoms with Gasteiger partial charge in [0.2, 0.25) is 0 Å². The van der Waals surface area contributed by atoms with Gasteiger partial charge in [0.1, 0.15) is 6.54 Å². The lowest BCUT2D eigenvalue weighted by Crippen LogP contribution is -2.45. The van der Waals surface area contributed by atoms with Crippen LogP contribution in [0.4, 0.5) is 10.5 Å². The van der Waals surface area contributed by atoms with Crippen molar-refractivity contribution in [3.05, 3.63) is 29.8 Å². The highest BCUT2D eigenvalue weighted by Gasteiger charge is 2.22. The quantitative estimate of drug-likeness (QED) is 0.846. The van der Waals surface area contributed by atoms with Crippen molar-refractivity contribution in [1.82, 2.24) is 5.32 Å². The number of carbonyl (C=O) groups is 2. The molecule has 1 rings (SSSR count). The van der Waals surface area contributed by atoms with Crippen LogP contribution < -0.4 is 10.2 Å². The average Bonchev–Trinajstić information content (AvgIpc) is 2.43. The molecule has 0 aliphatic heterocycles. The summed E-state index contributed by atoms with van der Waals surface area (Å²) in [5.41, 5.74) is 1.62. The highest BCUT2D eigenvalue weighted by Crippen LogP contribution is 2.19. The number of urea groups is 1. The molecule has 2 amide bonds. The maximum absolute atomic E-state index is 12.3. The lowest BCUT2D eigenvalue weighted by molar-refractivity contribution is -0.135. The number of benzene rings is 1. The van der Waals surface area contributed by atoms with Gasteiger partial charge in [-0.3, -0.25) is 9.69 Å². The van der Waals surface area contributed by atoms with Gasteiger partial charge in [-0.1, -0.05) is 38.5 Å². The van der Waals surface area contributed by atoms with Crippen LogP contribution in [0.15, 0.2) is 24.3 Å². The number of aliphatic carboxylic acids is 1. The molecule has 0 radical (unpaired) electrons. The third kappa shape index (κ3) is 5.45. The average molecular weight is 292 g/mol. The summed E-state index contributed by atoms with van der Waals surface area (Å²) < 4.78 is 0. The van der Waals surface area contributed by atoms with Crippen LogP contribution in [-0.2, 0) is 4.79 Å². The first-order valence-corrected chi connectivity index (χ1v) is 7.09. The number of rotatable bonds is 6. The Balaban J connectivity index is 2.84. The van der Waals surface area contributed by atoms with E-state index in [-0.39, 0.29) is 18.0 Å². The van der Waals surface area contributed by atoms with Crippen molar-refractivity contribution < 1.29 is 14.7 Å². The van der Waals surface area contributed by atoms with E-state index in [4.69, 9.17) is 5.11 Å². The van der Waals surface area contributed by atoms with Crippen molar-refractivity contribution >= 4 is 17.7 Å². The molecule has 0 fully saturated rings. The Morgan fingerprint density at radius 2 is 1.81 bits per heavy atom. The Bertz CT molecular complexity index is 495. The molecule has 1 aromatic carbocycles. The second kappa shape index (κ2) is 7.11. The monoisotopic (exact) mass is 292 g/mol. The summed E-state index contributed by atoms with van der Waals surface area (Å²) in [6.45, 7) is 8.25. The Hall–Kier alpha value is -2.04. The molecule has 0 aromatic heterocycles. The Morgan fingerprint density at radius 3 is 2.29 bits per heavy atom. The zero-order valence-corrected chi connectivity index (χ0v) is 13.1. The molecular formula is C16H24N2O3. The van der Waals surface area contributed by atoms with E-state index in [0.29, 0.717) is 12.2 Å². The normalized spacial score (nSPS) is 11.0. The minimum absolute atomic E-state index is 0.0160. The molecule has 2 N–H and O–H groups in total. The molecule has 0 saturated carbocycles. The molecule has 1 aromatic rings. The third-order valence-electron chi connectivity index (χ3n) is 3.56.